The number of alkyl halides is 9. The molecule has 2 atom stereocenters. The van der Waals surface area contributed by atoms with Crippen LogP contribution in [0.15, 0.2) is 60.7 Å². The Hall–Kier alpha value is -3.90. The monoisotopic (exact) mass is 616 g/mol. The van der Waals surface area contributed by atoms with Crippen LogP contribution in [0.1, 0.15) is 53.7 Å². The van der Waals surface area contributed by atoms with Crippen LogP contribution in [0, 0.1) is 0 Å². The van der Waals surface area contributed by atoms with E-state index in [4.69, 9.17) is 4.74 Å². The van der Waals surface area contributed by atoms with Gasteiger partial charge < -0.3 is 9.64 Å². The van der Waals surface area contributed by atoms with Crippen LogP contribution in [-0.4, -0.2) is 30.1 Å². The minimum atomic E-state index is -5.11. The predicted molar refractivity (Wildman–Crippen MR) is 139 cm³/mol. The molecule has 2 fully saturated rings. The fraction of sp³-hybridized carbons (Fsp3) is 0.367. The van der Waals surface area contributed by atoms with Crippen molar-refractivity contribution in [3.05, 3.63) is 88.5 Å². The molecule has 2 saturated heterocycles. The lowest BCUT2D eigenvalue weighted by Crippen LogP contribution is -2.32. The Morgan fingerprint density at radius 1 is 0.767 bits per heavy atom. The molecule has 1 amide bonds. The van der Waals surface area contributed by atoms with Gasteiger partial charge in [-0.2, -0.15) is 39.5 Å². The Balaban J connectivity index is 1.52. The van der Waals surface area contributed by atoms with Crippen molar-refractivity contribution in [1.29, 1.82) is 0 Å². The number of benzene rings is 3. The summed E-state index contributed by atoms with van der Waals surface area (Å²) in [5, 5.41) is 0. The first-order chi connectivity index (χ1) is 20.0. The van der Waals surface area contributed by atoms with Crippen LogP contribution in [-0.2, 0) is 29.8 Å². The van der Waals surface area contributed by atoms with E-state index in [1.807, 2.05) is 12.1 Å². The number of halogens is 9. The van der Waals surface area contributed by atoms with Crippen LogP contribution in [0.4, 0.5) is 50.0 Å². The highest BCUT2D eigenvalue weighted by Gasteiger charge is 2.43. The van der Waals surface area contributed by atoms with Gasteiger partial charge in [-0.05, 0) is 84.5 Å². The Morgan fingerprint density at radius 3 is 1.95 bits per heavy atom. The number of carbonyl (C=O) groups excluding carboxylic acids is 1. The number of rotatable bonds is 5. The van der Waals surface area contributed by atoms with E-state index in [0.717, 1.165) is 48.7 Å². The van der Waals surface area contributed by atoms with Gasteiger partial charge in [0.2, 0.25) is 0 Å². The third kappa shape index (κ3) is 6.40. The highest BCUT2D eigenvalue weighted by Crippen LogP contribution is 2.42. The van der Waals surface area contributed by atoms with Gasteiger partial charge >= 0.3 is 24.6 Å². The lowest BCUT2D eigenvalue weighted by molar-refractivity contribution is -0.143. The first-order valence-electron chi connectivity index (χ1n) is 13.3. The average Bonchev–Trinajstić information content (AvgIpc) is 3.56. The van der Waals surface area contributed by atoms with E-state index in [-0.39, 0.29) is 11.6 Å². The zero-order valence-corrected chi connectivity index (χ0v) is 22.6. The van der Waals surface area contributed by atoms with Gasteiger partial charge in [0, 0.05) is 18.8 Å². The summed E-state index contributed by atoms with van der Waals surface area (Å²) in [6.07, 6.45) is -15.6. The smallest absolute Gasteiger partial charge is 0.416 e. The molecular formula is C30H25F9N2O2. The van der Waals surface area contributed by atoms with E-state index in [1.54, 1.807) is 12.1 Å². The van der Waals surface area contributed by atoms with E-state index >= 15 is 0 Å². The normalized spacial score (nSPS) is 19.7. The van der Waals surface area contributed by atoms with Gasteiger partial charge in [-0.25, -0.2) is 4.79 Å². The molecule has 3 aromatic carbocycles. The summed E-state index contributed by atoms with van der Waals surface area (Å²) in [5.74, 6) is 0. The first-order valence-corrected chi connectivity index (χ1v) is 13.3. The number of hydrogen-bond acceptors (Lipinski definition) is 3. The lowest BCUT2D eigenvalue weighted by Gasteiger charge is -2.24. The van der Waals surface area contributed by atoms with Crippen LogP contribution in [0.5, 0.6) is 0 Å². The molecule has 0 radical (unpaired) electrons. The summed E-state index contributed by atoms with van der Waals surface area (Å²) in [4.78, 5) is 16.1. The van der Waals surface area contributed by atoms with Crippen molar-refractivity contribution in [3.63, 3.8) is 0 Å². The second-order valence-electron chi connectivity index (χ2n) is 10.6. The van der Waals surface area contributed by atoms with Gasteiger partial charge in [-0.15, -0.1) is 0 Å². The standard InChI is InChI=1S/C30H25F9N2O2/c1-17-26(19-11-22(29(34,35)36)15-23(12-19)30(37,38)39)43-27(42)41(17)16-20-13-21(28(31,32)33)7-8-25(20)18-5-4-6-24(14-18)40-9-2-3-10-40/h4-8,11-15,17,26H,2-3,9-10,16H2,1H3/t17-,26-/m0/s1. The summed E-state index contributed by atoms with van der Waals surface area (Å²) < 4.78 is 127. The fourth-order valence-corrected chi connectivity index (χ4v) is 5.51. The van der Waals surface area contributed by atoms with E-state index < -0.39 is 65.6 Å². The number of ether oxygens (including phenoxy) is 1. The number of hydrogen-bond donors (Lipinski definition) is 0. The van der Waals surface area contributed by atoms with Crippen molar-refractivity contribution in [2.24, 2.45) is 0 Å². The van der Waals surface area contributed by atoms with Crippen molar-refractivity contribution in [2.75, 3.05) is 18.0 Å². The van der Waals surface area contributed by atoms with Crippen LogP contribution < -0.4 is 4.90 Å². The SMILES string of the molecule is C[C@H]1[C@@H](c2cc(C(F)(F)F)cc(C(F)(F)F)c2)OC(=O)N1Cc1cc(C(F)(F)F)ccc1-c1cccc(N2CCCC2)c1. The summed E-state index contributed by atoms with van der Waals surface area (Å²) in [5.41, 5.74) is -2.74. The first kappa shape index (κ1) is 30.6. The summed E-state index contributed by atoms with van der Waals surface area (Å²) >= 11 is 0. The minimum absolute atomic E-state index is 0.0338. The van der Waals surface area contributed by atoms with Gasteiger partial charge in [0.25, 0.3) is 0 Å². The maximum Gasteiger partial charge on any atom is 0.416 e. The van der Waals surface area contributed by atoms with Crippen LogP contribution in [0.3, 0.4) is 0 Å². The molecule has 230 valence electrons. The highest BCUT2D eigenvalue weighted by molar-refractivity contribution is 5.75. The molecule has 0 aliphatic carbocycles. The Labute approximate surface area is 240 Å². The molecule has 0 spiro atoms. The lowest BCUT2D eigenvalue weighted by atomic mass is 9.95. The third-order valence-electron chi connectivity index (χ3n) is 7.73. The molecule has 13 heteroatoms. The van der Waals surface area contributed by atoms with Gasteiger partial charge in [0.15, 0.2) is 0 Å². The number of cyclic esters (lactones) is 1. The Morgan fingerprint density at radius 2 is 1.37 bits per heavy atom. The largest absolute Gasteiger partial charge is 0.439 e. The van der Waals surface area contributed by atoms with Crippen LogP contribution in [0.25, 0.3) is 11.1 Å². The number of anilines is 1. The maximum absolute atomic E-state index is 13.7. The Bertz CT molecular complexity index is 1480. The number of amides is 1. The molecule has 0 N–H and O–H groups in total. The summed E-state index contributed by atoms with van der Waals surface area (Å²) in [6, 6.07) is 10.1. The number of carbonyl (C=O) groups is 1. The molecule has 2 aliphatic rings. The second kappa shape index (κ2) is 11.0. The Kier molecular flexibility index (Phi) is 7.80. The number of nitrogens with zero attached hydrogens (tertiary/aromatic N) is 2. The molecule has 2 aliphatic heterocycles. The molecule has 2 heterocycles. The van der Waals surface area contributed by atoms with Gasteiger partial charge in [0.1, 0.15) is 6.10 Å². The molecule has 0 bridgehead atoms. The molecule has 3 aromatic rings. The zero-order chi connectivity index (χ0) is 31.3. The zero-order valence-electron chi connectivity index (χ0n) is 22.6. The summed E-state index contributed by atoms with van der Waals surface area (Å²) in [7, 11) is 0. The molecule has 4 nitrogen and oxygen atoms in total. The minimum Gasteiger partial charge on any atom is -0.439 e. The molecule has 0 aromatic heterocycles. The molecule has 0 saturated carbocycles. The molecule has 43 heavy (non-hydrogen) atoms. The van der Waals surface area contributed by atoms with E-state index in [2.05, 4.69) is 4.90 Å². The van der Waals surface area contributed by atoms with Crippen molar-refractivity contribution in [3.8, 4) is 11.1 Å². The average molecular weight is 617 g/mol. The maximum atomic E-state index is 13.7. The van der Waals surface area contributed by atoms with Crippen molar-refractivity contribution in [1.82, 2.24) is 4.90 Å². The highest BCUT2D eigenvalue weighted by atomic mass is 19.4. The van der Waals surface area contributed by atoms with E-state index in [1.165, 1.54) is 13.0 Å². The van der Waals surface area contributed by atoms with Gasteiger partial charge in [0.05, 0.1) is 29.3 Å². The second-order valence-corrected chi connectivity index (χ2v) is 10.6. The molecule has 5 rings (SSSR count). The van der Waals surface area contributed by atoms with Gasteiger partial charge in [-0.1, -0.05) is 18.2 Å². The van der Waals surface area contributed by atoms with Crippen LogP contribution >= 0.6 is 0 Å². The van der Waals surface area contributed by atoms with Crippen molar-refractivity contribution < 1.29 is 49.0 Å². The van der Waals surface area contributed by atoms with E-state index in [0.29, 0.717) is 23.3 Å². The molecule has 0 unspecified atom stereocenters. The van der Waals surface area contributed by atoms with Crippen molar-refractivity contribution >= 4 is 11.8 Å². The fourth-order valence-electron chi connectivity index (χ4n) is 5.51. The van der Waals surface area contributed by atoms with Gasteiger partial charge in [-0.3, -0.25) is 4.90 Å². The van der Waals surface area contributed by atoms with Crippen LogP contribution in [0.2, 0.25) is 0 Å². The van der Waals surface area contributed by atoms with E-state index in [9.17, 15) is 44.3 Å². The summed E-state index contributed by atoms with van der Waals surface area (Å²) in [6.45, 7) is 2.57. The van der Waals surface area contributed by atoms with Crippen molar-refractivity contribution in [2.45, 2.75) is 57.0 Å². The predicted octanol–water partition coefficient (Wildman–Crippen LogP) is 9.09. The quantitative estimate of drug-likeness (QED) is 0.268. The topological polar surface area (TPSA) is 32.8 Å². The third-order valence-corrected chi connectivity index (χ3v) is 7.73. The molecular weight excluding hydrogens is 591 g/mol.